The van der Waals surface area contributed by atoms with Crippen molar-refractivity contribution in [2.24, 2.45) is 0 Å². The maximum absolute atomic E-state index is 6.29. The van der Waals surface area contributed by atoms with Crippen molar-refractivity contribution in [1.82, 2.24) is 4.90 Å². The van der Waals surface area contributed by atoms with Crippen molar-refractivity contribution < 1.29 is 0 Å². The molecule has 0 aliphatic carbocycles. The van der Waals surface area contributed by atoms with Gasteiger partial charge in [0, 0.05) is 16.6 Å². The van der Waals surface area contributed by atoms with Crippen molar-refractivity contribution in [3.8, 4) is 0 Å². The van der Waals surface area contributed by atoms with Crippen LogP contribution >= 0.6 is 11.6 Å². The van der Waals surface area contributed by atoms with E-state index in [2.05, 4.69) is 37.8 Å². The van der Waals surface area contributed by atoms with Crippen molar-refractivity contribution in [2.75, 3.05) is 6.54 Å². The van der Waals surface area contributed by atoms with Gasteiger partial charge in [-0.05, 0) is 51.8 Å². The normalized spacial score (nSPS) is 22.6. The van der Waals surface area contributed by atoms with E-state index < -0.39 is 0 Å². The van der Waals surface area contributed by atoms with E-state index >= 15 is 0 Å². The molecule has 0 bridgehead atoms. The Kier molecular flexibility index (Phi) is 3.27. The predicted octanol–water partition coefficient (Wildman–Crippen LogP) is 4.28. The van der Waals surface area contributed by atoms with Crippen LogP contribution in [0.5, 0.6) is 0 Å². The first kappa shape index (κ1) is 11.9. The van der Waals surface area contributed by atoms with Gasteiger partial charge in [-0.2, -0.15) is 0 Å². The number of benzene rings is 1. The molecule has 1 aromatic rings. The third-order valence-electron chi connectivity index (χ3n) is 3.38. The zero-order valence-corrected chi connectivity index (χ0v) is 11.1. The standard InChI is InChI=1S/C14H20ClN/c1-14(2,3)16-10-6-9-13(16)11-7-4-5-8-12(11)15/h4-5,7-8,13H,6,9-10H2,1-3H3/t13-/m1/s1. The van der Waals surface area contributed by atoms with Crippen LogP contribution in [0.4, 0.5) is 0 Å². The van der Waals surface area contributed by atoms with Crippen LogP contribution in [-0.4, -0.2) is 17.0 Å². The maximum Gasteiger partial charge on any atom is 0.0453 e. The molecule has 1 aliphatic rings. The average Bonchev–Trinajstić information content (AvgIpc) is 2.66. The summed E-state index contributed by atoms with van der Waals surface area (Å²) in [7, 11) is 0. The number of hydrogen-bond donors (Lipinski definition) is 0. The molecule has 1 aromatic carbocycles. The summed E-state index contributed by atoms with van der Waals surface area (Å²) in [5.74, 6) is 0. The highest BCUT2D eigenvalue weighted by molar-refractivity contribution is 6.31. The molecule has 1 fully saturated rings. The number of rotatable bonds is 1. The molecule has 88 valence electrons. The molecule has 0 saturated carbocycles. The Bertz CT molecular complexity index is 367. The molecule has 1 atom stereocenters. The molecule has 0 unspecified atom stereocenters. The van der Waals surface area contributed by atoms with Gasteiger partial charge >= 0.3 is 0 Å². The van der Waals surface area contributed by atoms with E-state index in [-0.39, 0.29) is 5.54 Å². The quantitative estimate of drug-likeness (QED) is 0.705. The smallest absolute Gasteiger partial charge is 0.0453 e. The lowest BCUT2D eigenvalue weighted by atomic mass is 9.99. The molecule has 2 rings (SSSR count). The van der Waals surface area contributed by atoms with E-state index in [4.69, 9.17) is 11.6 Å². The van der Waals surface area contributed by atoms with Gasteiger partial charge < -0.3 is 0 Å². The summed E-state index contributed by atoms with van der Waals surface area (Å²) in [6.07, 6.45) is 2.49. The molecule has 0 aromatic heterocycles. The lowest BCUT2D eigenvalue weighted by Crippen LogP contribution is -2.40. The predicted molar refractivity (Wildman–Crippen MR) is 69.9 cm³/mol. The van der Waals surface area contributed by atoms with Crippen molar-refractivity contribution in [3.63, 3.8) is 0 Å². The van der Waals surface area contributed by atoms with Crippen molar-refractivity contribution in [3.05, 3.63) is 34.9 Å². The van der Waals surface area contributed by atoms with E-state index in [1.807, 2.05) is 12.1 Å². The fraction of sp³-hybridized carbons (Fsp3) is 0.571. The minimum atomic E-state index is 0.223. The van der Waals surface area contributed by atoms with Gasteiger partial charge in [-0.25, -0.2) is 0 Å². The van der Waals surface area contributed by atoms with Crippen LogP contribution in [0.1, 0.15) is 45.2 Å². The molecule has 0 radical (unpaired) electrons. The van der Waals surface area contributed by atoms with Gasteiger partial charge in [-0.15, -0.1) is 0 Å². The molecule has 1 nitrogen and oxygen atoms in total. The lowest BCUT2D eigenvalue weighted by Gasteiger charge is -2.37. The summed E-state index contributed by atoms with van der Waals surface area (Å²) in [6.45, 7) is 8.02. The maximum atomic E-state index is 6.29. The van der Waals surface area contributed by atoms with Gasteiger partial charge in [-0.3, -0.25) is 4.90 Å². The minimum absolute atomic E-state index is 0.223. The van der Waals surface area contributed by atoms with Crippen LogP contribution in [0, 0.1) is 0 Å². The Morgan fingerprint density at radius 1 is 1.25 bits per heavy atom. The highest BCUT2D eigenvalue weighted by Crippen LogP contribution is 2.39. The van der Waals surface area contributed by atoms with Crippen LogP contribution in [-0.2, 0) is 0 Å². The van der Waals surface area contributed by atoms with E-state index in [1.165, 1.54) is 24.9 Å². The number of nitrogens with zero attached hydrogens (tertiary/aromatic N) is 1. The van der Waals surface area contributed by atoms with Gasteiger partial charge in [0.2, 0.25) is 0 Å². The topological polar surface area (TPSA) is 3.24 Å². The van der Waals surface area contributed by atoms with E-state index in [1.54, 1.807) is 0 Å². The van der Waals surface area contributed by atoms with Crippen LogP contribution in [0.2, 0.25) is 5.02 Å². The van der Waals surface area contributed by atoms with E-state index in [9.17, 15) is 0 Å². The van der Waals surface area contributed by atoms with Crippen molar-refractivity contribution in [1.29, 1.82) is 0 Å². The Hall–Kier alpha value is -0.530. The Labute approximate surface area is 103 Å². The third-order valence-corrected chi connectivity index (χ3v) is 3.72. The summed E-state index contributed by atoms with van der Waals surface area (Å²) < 4.78 is 0. The summed E-state index contributed by atoms with van der Waals surface area (Å²) in [4.78, 5) is 2.56. The Balaban J connectivity index is 2.31. The second-order valence-electron chi connectivity index (χ2n) is 5.54. The summed E-state index contributed by atoms with van der Waals surface area (Å²) in [6, 6.07) is 8.74. The molecule has 0 spiro atoms. The Morgan fingerprint density at radius 3 is 2.56 bits per heavy atom. The monoisotopic (exact) mass is 237 g/mol. The van der Waals surface area contributed by atoms with Gasteiger partial charge in [-0.1, -0.05) is 29.8 Å². The van der Waals surface area contributed by atoms with Gasteiger partial charge in [0.05, 0.1) is 0 Å². The number of likely N-dealkylation sites (tertiary alicyclic amines) is 1. The van der Waals surface area contributed by atoms with Crippen LogP contribution in [0.3, 0.4) is 0 Å². The molecule has 1 aliphatic heterocycles. The first-order chi connectivity index (χ1) is 7.50. The van der Waals surface area contributed by atoms with E-state index in [0.717, 1.165) is 5.02 Å². The van der Waals surface area contributed by atoms with Gasteiger partial charge in [0.1, 0.15) is 0 Å². The molecule has 0 N–H and O–H groups in total. The Morgan fingerprint density at radius 2 is 1.94 bits per heavy atom. The second-order valence-corrected chi connectivity index (χ2v) is 5.95. The van der Waals surface area contributed by atoms with Crippen LogP contribution in [0.25, 0.3) is 0 Å². The molecular weight excluding hydrogens is 218 g/mol. The third kappa shape index (κ3) is 2.26. The molecule has 16 heavy (non-hydrogen) atoms. The zero-order valence-electron chi connectivity index (χ0n) is 10.3. The van der Waals surface area contributed by atoms with Gasteiger partial charge in [0.25, 0.3) is 0 Å². The summed E-state index contributed by atoms with van der Waals surface area (Å²) >= 11 is 6.29. The van der Waals surface area contributed by atoms with Crippen LogP contribution < -0.4 is 0 Å². The number of hydrogen-bond acceptors (Lipinski definition) is 1. The molecule has 1 saturated heterocycles. The fourth-order valence-corrected chi connectivity index (χ4v) is 2.90. The largest absolute Gasteiger partial charge is 0.291 e. The molecule has 2 heteroatoms. The first-order valence-corrected chi connectivity index (χ1v) is 6.39. The molecular formula is C14H20ClN. The van der Waals surface area contributed by atoms with Crippen molar-refractivity contribution in [2.45, 2.75) is 45.2 Å². The zero-order chi connectivity index (χ0) is 11.8. The fourth-order valence-electron chi connectivity index (χ4n) is 2.64. The highest BCUT2D eigenvalue weighted by atomic mass is 35.5. The minimum Gasteiger partial charge on any atom is -0.291 e. The van der Waals surface area contributed by atoms with E-state index in [0.29, 0.717) is 6.04 Å². The molecule has 1 heterocycles. The second kappa shape index (κ2) is 4.38. The van der Waals surface area contributed by atoms with Gasteiger partial charge in [0.15, 0.2) is 0 Å². The van der Waals surface area contributed by atoms with Crippen molar-refractivity contribution >= 4 is 11.6 Å². The first-order valence-electron chi connectivity index (χ1n) is 6.01. The van der Waals surface area contributed by atoms with Crippen LogP contribution in [0.15, 0.2) is 24.3 Å². The lowest BCUT2D eigenvalue weighted by molar-refractivity contribution is 0.122. The SMILES string of the molecule is CC(C)(C)N1CCC[C@@H]1c1ccccc1Cl. The summed E-state index contributed by atoms with van der Waals surface area (Å²) in [5, 5.41) is 0.906. The number of halogens is 1. The molecule has 0 amide bonds. The average molecular weight is 238 g/mol. The summed E-state index contributed by atoms with van der Waals surface area (Å²) in [5.41, 5.74) is 1.51. The highest BCUT2D eigenvalue weighted by Gasteiger charge is 2.34.